The van der Waals surface area contributed by atoms with E-state index in [-0.39, 0.29) is 30.0 Å². The van der Waals surface area contributed by atoms with Crippen LogP contribution in [0.4, 0.5) is 4.39 Å². The lowest BCUT2D eigenvalue weighted by Crippen LogP contribution is -2.43. The van der Waals surface area contributed by atoms with Gasteiger partial charge < -0.3 is 11.1 Å². The van der Waals surface area contributed by atoms with Crippen LogP contribution in [0.15, 0.2) is 18.2 Å². The van der Waals surface area contributed by atoms with E-state index in [2.05, 4.69) is 10.2 Å². The van der Waals surface area contributed by atoms with Gasteiger partial charge in [-0.15, -0.1) is 12.4 Å². The first-order chi connectivity index (χ1) is 10.1. The molecule has 1 saturated heterocycles. The lowest BCUT2D eigenvalue weighted by atomic mass is 9.96. The summed E-state index contributed by atoms with van der Waals surface area (Å²) in [4.78, 5) is 14.1. The molecule has 3 N–H and O–H groups in total. The van der Waals surface area contributed by atoms with Gasteiger partial charge in [-0.05, 0) is 43.1 Å². The first-order valence-electron chi connectivity index (χ1n) is 7.24. The van der Waals surface area contributed by atoms with E-state index < -0.39 is 0 Å². The van der Waals surface area contributed by atoms with E-state index in [1.54, 1.807) is 6.07 Å². The molecule has 0 aromatic heterocycles. The van der Waals surface area contributed by atoms with Crippen molar-refractivity contribution in [3.63, 3.8) is 0 Å². The highest BCUT2D eigenvalue weighted by atomic mass is 35.5. The Labute approximate surface area is 141 Å². The fourth-order valence-corrected chi connectivity index (χ4v) is 2.84. The summed E-state index contributed by atoms with van der Waals surface area (Å²) in [6.07, 6.45) is 1.83. The molecule has 1 unspecified atom stereocenters. The minimum Gasteiger partial charge on any atom is -0.355 e. The summed E-state index contributed by atoms with van der Waals surface area (Å²) in [5.74, 6) is -0.267. The van der Waals surface area contributed by atoms with Gasteiger partial charge in [-0.25, -0.2) is 4.39 Å². The summed E-state index contributed by atoms with van der Waals surface area (Å²) in [6.45, 7) is 3.08. The maximum Gasteiger partial charge on any atom is 0.224 e. The van der Waals surface area contributed by atoms with Gasteiger partial charge >= 0.3 is 0 Å². The number of hydrogen-bond acceptors (Lipinski definition) is 3. The molecule has 0 radical (unpaired) electrons. The van der Waals surface area contributed by atoms with E-state index in [1.165, 1.54) is 12.1 Å². The van der Waals surface area contributed by atoms with E-state index in [9.17, 15) is 9.18 Å². The van der Waals surface area contributed by atoms with Gasteiger partial charge in [0.2, 0.25) is 5.91 Å². The van der Waals surface area contributed by atoms with Crippen LogP contribution in [0.1, 0.15) is 18.4 Å². The SMILES string of the molecule is Cl.NCCNC(=O)C1CCCN(Cc2cc(F)ccc2Cl)C1. The highest BCUT2D eigenvalue weighted by Gasteiger charge is 2.25. The Morgan fingerprint density at radius 1 is 1.50 bits per heavy atom. The van der Waals surface area contributed by atoms with Crippen LogP contribution in [0, 0.1) is 11.7 Å². The summed E-state index contributed by atoms with van der Waals surface area (Å²) < 4.78 is 13.3. The number of hydrogen-bond donors (Lipinski definition) is 2. The number of nitrogens with two attached hydrogens (primary N) is 1. The number of benzene rings is 1. The Morgan fingerprint density at radius 3 is 3.00 bits per heavy atom. The van der Waals surface area contributed by atoms with Crippen molar-refractivity contribution in [2.45, 2.75) is 19.4 Å². The lowest BCUT2D eigenvalue weighted by molar-refractivity contribution is -0.126. The van der Waals surface area contributed by atoms with Gasteiger partial charge in [-0.3, -0.25) is 9.69 Å². The quantitative estimate of drug-likeness (QED) is 0.856. The average Bonchev–Trinajstić information content (AvgIpc) is 2.49. The number of nitrogens with one attached hydrogen (secondary N) is 1. The van der Waals surface area contributed by atoms with E-state index in [0.29, 0.717) is 31.2 Å². The molecule has 0 spiro atoms. The molecule has 1 fully saturated rings. The predicted molar refractivity (Wildman–Crippen MR) is 88.7 cm³/mol. The number of likely N-dealkylation sites (tertiary alicyclic amines) is 1. The Balaban J connectivity index is 0.00000242. The normalized spacial score (nSPS) is 18.6. The summed E-state index contributed by atoms with van der Waals surface area (Å²) in [5, 5.41) is 3.39. The second-order valence-corrected chi connectivity index (χ2v) is 5.80. The Hall–Kier alpha value is -0.880. The van der Waals surface area contributed by atoms with Crippen molar-refractivity contribution in [1.82, 2.24) is 10.2 Å². The molecule has 0 aliphatic carbocycles. The van der Waals surface area contributed by atoms with Gasteiger partial charge in [-0.1, -0.05) is 11.6 Å². The van der Waals surface area contributed by atoms with Gasteiger partial charge in [0.1, 0.15) is 5.82 Å². The number of amides is 1. The van der Waals surface area contributed by atoms with Gasteiger partial charge in [0, 0.05) is 31.2 Å². The molecule has 1 aromatic rings. The smallest absolute Gasteiger partial charge is 0.224 e. The Kier molecular flexibility index (Phi) is 8.10. The third-order valence-corrected chi connectivity index (χ3v) is 4.09. The molecule has 1 atom stereocenters. The second-order valence-electron chi connectivity index (χ2n) is 5.39. The number of carbonyl (C=O) groups excluding carboxylic acids is 1. The van der Waals surface area contributed by atoms with Crippen molar-refractivity contribution in [3.05, 3.63) is 34.6 Å². The minimum absolute atomic E-state index is 0. The molecule has 1 aromatic carbocycles. The third-order valence-electron chi connectivity index (χ3n) is 3.72. The molecule has 0 bridgehead atoms. The predicted octanol–water partition coefficient (Wildman–Crippen LogP) is 2.19. The lowest BCUT2D eigenvalue weighted by Gasteiger charge is -2.32. The van der Waals surface area contributed by atoms with Crippen molar-refractivity contribution in [3.8, 4) is 0 Å². The molecule has 124 valence electrons. The summed E-state index contributed by atoms with van der Waals surface area (Å²) in [6, 6.07) is 4.38. The van der Waals surface area contributed by atoms with E-state index in [1.807, 2.05) is 0 Å². The van der Waals surface area contributed by atoms with E-state index in [0.717, 1.165) is 24.9 Å². The van der Waals surface area contributed by atoms with Crippen LogP contribution in [0.2, 0.25) is 5.02 Å². The third kappa shape index (κ3) is 5.39. The van der Waals surface area contributed by atoms with Crippen LogP contribution in [0.25, 0.3) is 0 Å². The van der Waals surface area contributed by atoms with Gasteiger partial charge in [0.25, 0.3) is 0 Å². The van der Waals surface area contributed by atoms with Crippen molar-refractivity contribution in [2.24, 2.45) is 11.7 Å². The fourth-order valence-electron chi connectivity index (χ4n) is 2.66. The molecular formula is C15H22Cl2FN3O. The number of nitrogens with zero attached hydrogens (tertiary/aromatic N) is 1. The number of halogens is 3. The zero-order valence-corrected chi connectivity index (χ0v) is 13.9. The highest BCUT2D eigenvalue weighted by Crippen LogP contribution is 2.23. The van der Waals surface area contributed by atoms with Crippen LogP contribution in [0.5, 0.6) is 0 Å². The minimum atomic E-state index is -0.288. The van der Waals surface area contributed by atoms with Gasteiger partial charge in [0.15, 0.2) is 0 Å². The van der Waals surface area contributed by atoms with Crippen LogP contribution in [0.3, 0.4) is 0 Å². The topological polar surface area (TPSA) is 58.4 Å². The zero-order chi connectivity index (χ0) is 15.2. The zero-order valence-electron chi connectivity index (χ0n) is 12.4. The van der Waals surface area contributed by atoms with Crippen molar-refractivity contribution in [1.29, 1.82) is 0 Å². The first-order valence-corrected chi connectivity index (χ1v) is 7.62. The molecule has 22 heavy (non-hydrogen) atoms. The maximum absolute atomic E-state index is 13.3. The van der Waals surface area contributed by atoms with Crippen molar-refractivity contribution >= 4 is 29.9 Å². The standard InChI is InChI=1S/C15H21ClFN3O.ClH/c16-14-4-3-13(17)8-12(14)10-20-7-1-2-11(9-20)15(21)19-6-5-18;/h3-4,8,11H,1-2,5-7,9-10,18H2,(H,19,21);1H. The van der Waals surface area contributed by atoms with Crippen LogP contribution < -0.4 is 11.1 Å². The molecule has 4 nitrogen and oxygen atoms in total. The van der Waals surface area contributed by atoms with Gasteiger partial charge in [-0.2, -0.15) is 0 Å². The Morgan fingerprint density at radius 2 is 2.27 bits per heavy atom. The monoisotopic (exact) mass is 349 g/mol. The average molecular weight is 350 g/mol. The second kappa shape index (κ2) is 9.30. The van der Waals surface area contributed by atoms with E-state index in [4.69, 9.17) is 17.3 Å². The number of rotatable bonds is 5. The summed E-state index contributed by atoms with van der Waals surface area (Å²) in [5.41, 5.74) is 6.15. The molecule has 1 amide bonds. The summed E-state index contributed by atoms with van der Waals surface area (Å²) >= 11 is 6.10. The maximum atomic E-state index is 13.3. The molecule has 7 heteroatoms. The van der Waals surface area contributed by atoms with Crippen LogP contribution in [-0.4, -0.2) is 37.0 Å². The van der Waals surface area contributed by atoms with Crippen molar-refractivity contribution in [2.75, 3.05) is 26.2 Å². The molecule has 1 aliphatic rings. The van der Waals surface area contributed by atoms with Crippen LogP contribution >= 0.6 is 24.0 Å². The molecule has 0 saturated carbocycles. The number of carbonyl (C=O) groups is 1. The van der Waals surface area contributed by atoms with Crippen molar-refractivity contribution < 1.29 is 9.18 Å². The van der Waals surface area contributed by atoms with Crippen LogP contribution in [-0.2, 0) is 11.3 Å². The molecular weight excluding hydrogens is 328 g/mol. The Bertz CT molecular complexity index is 502. The molecule has 2 rings (SSSR count). The highest BCUT2D eigenvalue weighted by molar-refractivity contribution is 6.31. The van der Waals surface area contributed by atoms with E-state index >= 15 is 0 Å². The van der Waals surface area contributed by atoms with Gasteiger partial charge in [0.05, 0.1) is 5.92 Å². The fraction of sp³-hybridized carbons (Fsp3) is 0.533. The first kappa shape index (κ1) is 19.2. The molecule has 1 aliphatic heterocycles. The number of piperidine rings is 1. The molecule has 1 heterocycles. The largest absolute Gasteiger partial charge is 0.355 e. The summed E-state index contributed by atoms with van der Waals surface area (Å²) in [7, 11) is 0.